The molecule has 1 aliphatic heterocycles. The summed E-state index contributed by atoms with van der Waals surface area (Å²) in [7, 11) is 1.50. The number of likely N-dealkylation sites (tertiary alicyclic amines) is 1. The fourth-order valence-corrected chi connectivity index (χ4v) is 5.43. The molecule has 4 rings (SSSR count). The van der Waals surface area contributed by atoms with Crippen LogP contribution in [-0.4, -0.2) is 47.7 Å². The average Bonchev–Trinajstić information content (AvgIpc) is 2.88. The number of rotatable bonds is 11. The number of ether oxygens (including phenoxy) is 1. The molecule has 0 spiro atoms. The van der Waals surface area contributed by atoms with E-state index in [4.69, 9.17) is 4.74 Å². The lowest BCUT2D eigenvalue weighted by Crippen LogP contribution is -2.41. The Morgan fingerprint density at radius 3 is 2.64 bits per heavy atom. The number of aryl methyl sites for hydroxylation is 1. The Labute approximate surface area is 211 Å². The van der Waals surface area contributed by atoms with Gasteiger partial charge in [-0.2, -0.15) is 0 Å². The van der Waals surface area contributed by atoms with Gasteiger partial charge in [-0.25, -0.2) is 8.78 Å². The first kappa shape index (κ1) is 26.0. The quantitative estimate of drug-likeness (QED) is 0.335. The number of pyridine rings is 1. The van der Waals surface area contributed by atoms with Crippen molar-refractivity contribution >= 4 is 16.9 Å². The van der Waals surface area contributed by atoms with Crippen molar-refractivity contribution < 1.29 is 23.4 Å². The molecule has 36 heavy (non-hydrogen) atoms. The van der Waals surface area contributed by atoms with Crippen LogP contribution < -0.4 is 4.74 Å². The number of hydrogen-bond acceptors (Lipinski definition) is 4. The first-order valence-corrected chi connectivity index (χ1v) is 12.6. The number of nitrogens with zero attached hydrogens (tertiary/aromatic N) is 2. The lowest BCUT2D eigenvalue weighted by molar-refractivity contribution is -0.141. The minimum Gasteiger partial charge on any atom is -0.497 e. The summed E-state index contributed by atoms with van der Waals surface area (Å²) in [5.74, 6) is -1.05. The zero-order valence-corrected chi connectivity index (χ0v) is 20.8. The molecule has 1 N–H and O–H groups in total. The molecule has 0 amide bonds. The van der Waals surface area contributed by atoms with Crippen LogP contribution in [0.25, 0.3) is 10.9 Å². The van der Waals surface area contributed by atoms with Crippen LogP contribution in [0.3, 0.4) is 0 Å². The zero-order valence-electron chi connectivity index (χ0n) is 20.8. The van der Waals surface area contributed by atoms with Crippen LogP contribution in [0.1, 0.15) is 55.8 Å². The van der Waals surface area contributed by atoms with Crippen molar-refractivity contribution in [2.45, 2.75) is 51.1 Å². The summed E-state index contributed by atoms with van der Waals surface area (Å²) >= 11 is 0. The Morgan fingerprint density at radius 1 is 1.19 bits per heavy atom. The first-order chi connectivity index (χ1) is 17.4. The van der Waals surface area contributed by atoms with E-state index in [2.05, 4.69) is 22.0 Å². The Morgan fingerprint density at radius 2 is 1.94 bits per heavy atom. The third-order valence-corrected chi connectivity index (χ3v) is 7.54. The lowest BCUT2D eigenvalue weighted by atomic mass is 9.71. The van der Waals surface area contributed by atoms with E-state index in [0.717, 1.165) is 38.7 Å². The summed E-state index contributed by atoms with van der Waals surface area (Å²) < 4.78 is 35.5. The number of benzene rings is 2. The van der Waals surface area contributed by atoms with Gasteiger partial charge in [0.15, 0.2) is 0 Å². The van der Waals surface area contributed by atoms with Gasteiger partial charge in [-0.15, -0.1) is 0 Å². The highest BCUT2D eigenvalue weighted by Crippen LogP contribution is 2.43. The summed E-state index contributed by atoms with van der Waals surface area (Å²) in [6.45, 7) is 2.55. The Kier molecular flexibility index (Phi) is 8.52. The third-order valence-electron chi connectivity index (χ3n) is 7.54. The van der Waals surface area contributed by atoms with Crippen LogP contribution in [0.2, 0.25) is 0 Å². The van der Waals surface area contributed by atoms with E-state index in [1.165, 1.54) is 12.7 Å². The second-order valence-corrected chi connectivity index (χ2v) is 9.91. The summed E-state index contributed by atoms with van der Waals surface area (Å²) in [4.78, 5) is 18.2. The second kappa shape index (κ2) is 11.8. The molecular weight excluding hydrogens is 462 g/mol. The van der Waals surface area contributed by atoms with E-state index in [1.54, 1.807) is 18.2 Å². The number of carbonyl (C=O) groups is 1. The number of aromatic nitrogens is 1. The van der Waals surface area contributed by atoms with E-state index in [9.17, 15) is 14.3 Å². The molecule has 2 aromatic carbocycles. The van der Waals surface area contributed by atoms with Crippen molar-refractivity contribution in [3.8, 4) is 5.75 Å². The lowest BCUT2D eigenvalue weighted by Gasteiger charge is -2.41. The summed E-state index contributed by atoms with van der Waals surface area (Å²) in [6.07, 6.45) is 3.41. The number of alkyl halides is 1. The molecule has 0 aliphatic carbocycles. The number of piperidine rings is 1. The molecule has 2 heterocycles. The molecule has 192 valence electrons. The van der Waals surface area contributed by atoms with Gasteiger partial charge in [0, 0.05) is 10.9 Å². The highest BCUT2D eigenvalue weighted by atomic mass is 19.1. The Hall–Kier alpha value is -3.06. The Bertz CT molecular complexity index is 1160. The molecule has 3 aromatic rings. The maximum Gasteiger partial charge on any atom is 0.303 e. The van der Waals surface area contributed by atoms with E-state index in [0.29, 0.717) is 35.9 Å². The molecule has 1 aliphatic rings. The molecule has 0 unspecified atom stereocenters. The van der Waals surface area contributed by atoms with Gasteiger partial charge in [0.2, 0.25) is 0 Å². The van der Waals surface area contributed by atoms with E-state index >= 15 is 4.39 Å². The first-order valence-electron chi connectivity index (χ1n) is 12.6. The van der Waals surface area contributed by atoms with Gasteiger partial charge >= 0.3 is 5.97 Å². The molecular formula is C29H34F2N2O3. The zero-order chi connectivity index (χ0) is 25.5. The number of aliphatic carboxylic acids is 1. The fourth-order valence-electron chi connectivity index (χ4n) is 5.43. The third kappa shape index (κ3) is 6.38. The number of methoxy groups -OCH3 is 1. The number of hydrogen-bond donors (Lipinski definition) is 1. The summed E-state index contributed by atoms with van der Waals surface area (Å²) in [5, 5.41) is 9.99. The van der Waals surface area contributed by atoms with Crippen LogP contribution in [0.4, 0.5) is 8.78 Å². The maximum absolute atomic E-state index is 15.6. The van der Waals surface area contributed by atoms with Gasteiger partial charge < -0.3 is 14.7 Å². The molecule has 0 radical (unpaired) electrons. The molecule has 7 heteroatoms. The van der Waals surface area contributed by atoms with Crippen LogP contribution in [0.5, 0.6) is 5.75 Å². The van der Waals surface area contributed by atoms with Crippen molar-refractivity contribution in [1.29, 1.82) is 0 Å². The highest BCUT2D eigenvalue weighted by Gasteiger charge is 2.37. The minimum atomic E-state index is -1.56. The topological polar surface area (TPSA) is 62.7 Å². The molecule has 0 saturated carbocycles. The largest absolute Gasteiger partial charge is 0.497 e. The van der Waals surface area contributed by atoms with Gasteiger partial charge in [-0.05, 0) is 87.3 Å². The van der Waals surface area contributed by atoms with Gasteiger partial charge in [-0.3, -0.25) is 9.78 Å². The molecule has 5 nitrogen and oxygen atoms in total. The standard InChI is InChI=1S/C29H34F2N2O3/c1-36-22-9-10-26-23(18-22)28(25(31)20-32-26)24(30)11-12-29(19-27(34)35)13-16-33(17-14-29)15-5-8-21-6-3-2-4-7-21/h2-4,6-7,9-10,18,20,24H,5,8,11-17,19H2,1H3,(H,34,35)/t24-/m0/s1. The van der Waals surface area contributed by atoms with Crippen molar-refractivity contribution in [3.63, 3.8) is 0 Å². The van der Waals surface area contributed by atoms with E-state index in [-0.39, 0.29) is 18.4 Å². The summed E-state index contributed by atoms with van der Waals surface area (Å²) in [5.41, 5.74) is 1.31. The van der Waals surface area contributed by atoms with Gasteiger partial charge in [0.05, 0.1) is 25.2 Å². The highest BCUT2D eigenvalue weighted by molar-refractivity contribution is 5.84. The van der Waals surface area contributed by atoms with Crippen LogP contribution in [0.15, 0.2) is 54.7 Å². The predicted molar refractivity (Wildman–Crippen MR) is 136 cm³/mol. The molecule has 1 saturated heterocycles. The summed E-state index contributed by atoms with van der Waals surface area (Å²) in [6, 6.07) is 15.4. The smallest absolute Gasteiger partial charge is 0.303 e. The van der Waals surface area contributed by atoms with Crippen molar-refractivity contribution in [1.82, 2.24) is 9.88 Å². The number of carboxylic acids is 1. The SMILES string of the molecule is COc1ccc2ncc(F)c([C@@H](F)CCC3(CC(=O)O)CCN(CCCc4ccccc4)CC3)c2c1. The van der Waals surface area contributed by atoms with Crippen LogP contribution in [-0.2, 0) is 11.2 Å². The molecule has 1 aromatic heterocycles. The van der Waals surface area contributed by atoms with E-state index < -0.39 is 23.4 Å². The fraction of sp³-hybridized carbons (Fsp3) is 0.448. The number of halogens is 2. The van der Waals surface area contributed by atoms with Gasteiger partial charge in [0.1, 0.15) is 17.7 Å². The van der Waals surface area contributed by atoms with Crippen molar-refractivity contribution in [2.24, 2.45) is 5.41 Å². The van der Waals surface area contributed by atoms with Crippen molar-refractivity contribution in [3.05, 3.63) is 71.7 Å². The number of fused-ring (bicyclic) bond motifs is 1. The number of carboxylic acid groups (broad SMARTS) is 1. The van der Waals surface area contributed by atoms with Crippen molar-refractivity contribution in [2.75, 3.05) is 26.7 Å². The van der Waals surface area contributed by atoms with Gasteiger partial charge in [0.25, 0.3) is 0 Å². The average molecular weight is 497 g/mol. The van der Waals surface area contributed by atoms with Crippen LogP contribution >= 0.6 is 0 Å². The normalized spacial score (nSPS) is 16.6. The predicted octanol–water partition coefficient (Wildman–Crippen LogP) is 6.36. The monoisotopic (exact) mass is 496 g/mol. The Balaban J connectivity index is 1.39. The van der Waals surface area contributed by atoms with Gasteiger partial charge in [-0.1, -0.05) is 30.3 Å². The molecule has 1 fully saturated rings. The second-order valence-electron chi connectivity index (χ2n) is 9.91. The minimum absolute atomic E-state index is 0.00493. The molecule has 0 bridgehead atoms. The van der Waals surface area contributed by atoms with E-state index in [1.807, 2.05) is 18.2 Å². The molecule has 1 atom stereocenters. The maximum atomic E-state index is 15.6. The van der Waals surface area contributed by atoms with Crippen LogP contribution in [0, 0.1) is 11.2 Å².